The van der Waals surface area contributed by atoms with Crippen LogP contribution in [0.4, 0.5) is 0 Å². The lowest BCUT2D eigenvalue weighted by Crippen LogP contribution is -2.36. The highest BCUT2D eigenvalue weighted by atomic mass is 16.4. The van der Waals surface area contributed by atoms with Crippen LogP contribution in [-0.2, 0) is 0 Å². The highest BCUT2D eigenvalue weighted by Gasteiger charge is 2.21. The first-order chi connectivity index (χ1) is 8.10. The lowest BCUT2D eigenvalue weighted by Gasteiger charge is -2.14. The number of nitrogens with zero attached hydrogens (tertiary/aromatic N) is 1. The number of carbonyl (C=O) groups excluding carboxylic acids is 1. The Morgan fingerprint density at radius 1 is 1.59 bits per heavy atom. The van der Waals surface area contributed by atoms with Crippen LogP contribution in [0.3, 0.4) is 0 Å². The smallest absolute Gasteiger partial charge is 0.354 e. The van der Waals surface area contributed by atoms with Gasteiger partial charge < -0.3 is 20.5 Å². The monoisotopic (exact) mass is 241 g/mol. The van der Waals surface area contributed by atoms with E-state index in [2.05, 4.69) is 15.3 Å². The van der Waals surface area contributed by atoms with Crippen LogP contribution in [0.15, 0.2) is 6.33 Å². The van der Waals surface area contributed by atoms with Crippen molar-refractivity contribution in [3.05, 3.63) is 17.7 Å². The second kappa shape index (κ2) is 6.00. The first-order valence-corrected chi connectivity index (χ1v) is 5.28. The van der Waals surface area contributed by atoms with Gasteiger partial charge in [0.1, 0.15) is 0 Å². The van der Waals surface area contributed by atoms with E-state index < -0.39 is 11.9 Å². The van der Waals surface area contributed by atoms with Crippen molar-refractivity contribution in [2.75, 3.05) is 6.61 Å². The van der Waals surface area contributed by atoms with E-state index in [1.165, 1.54) is 0 Å². The van der Waals surface area contributed by atoms with E-state index in [0.29, 0.717) is 12.8 Å². The molecule has 0 aliphatic rings. The van der Waals surface area contributed by atoms with Crippen molar-refractivity contribution < 1.29 is 19.8 Å². The van der Waals surface area contributed by atoms with Gasteiger partial charge in [0.25, 0.3) is 5.91 Å². The van der Waals surface area contributed by atoms with Crippen molar-refractivity contribution in [3.8, 4) is 0 Å². The fourth-order valence-electron chi connectivity index (χ4n) is 1.42. The molecule has 0 aliphatic carbocycles. The summed E-state index contributed by atoms with van der Waals surface area (Å²) in [6.07, 6.45) is 2.24. The van der Waals surface area contributed by atoms with E-state index >= 15 is 0 Å². The van der Waals surface area contributed by atoms with Gasteiger partial charge in [-0.1, -0.05) is 6.92 Å². The number of carboxylic acid groups (broad SMARTS) is 1. The molecule has 0 saturated heterocycles. The lowest BCUT2D eigenvalue weighted by atomic mass is 10.1. The summed E-state index contributed by atoms with van der Waals surface area (Å²) in [5, 5.41) is 20.2. The molecule has 0 fully saturated rings. The van der Waals surface area contributed by atoms with Crippen molar-refractivity contribution in [1.82, 2.24) is 15.3 Å². The largest absolute Gasteiger partial charge is 0.477 e. The lowest BCUT2D eigenvalue weighted by molar-refractivity contribution is 0.0684. The van der Waals surface area contributed by atoms with Gasteiger partial charge in [0, 0.05) is 12.6 Å². The molecule has 4 N–H and O–H groups in total. The number of hydrogen-bond acceptors (Lipinski definition) is 4. The predicted octanol–water partition coefficient (Wildman–Crippen LogP) is -0.00130. The highest BCUT2D eigenvalue weighted by Crippen LogP contribution is 2.05. The Hall–Kier alpha value is -1.89. The van der Waals surface area contributed by atoms with Crippen LogP contribution in [0.2, 0.25) is 0 Å². The highest BCUT2D eigenvalue weighted by molar-refractivity contribution is 6.02. The van der Waals surface area contributed by atoms with E-state index in [-0.39, 0.29) is 24.0 Å². The standard InChI is InChI=1S/C10H15N3O4/c1-2-6(3-4-14)13-9(15)7-8(10(16)17)12-5-11-7/h5-6,14H,2-4H2,1H3,(H,11,12)(H,13,15)(H,16,17). The minimum atomic E-state index is -1.23. The fraction of sp³-hybridized carbons (Fsp3) is 0.500. The van der Waals surface area contributed by atoms with Crippen LogP contribution in [-0.4, -0.2) is 44.7 Å². The van der Waals surface area contributed by atoms with Crippen LogP contribution in [0.5, 0.6) is 0 Å². The summed E-state index contributed by atoms with van der Waals surface area (Å²) in [6.45, 7) is 1.83. The molecule has 1 rings (SSSR count). The summed E-state index contributed by atoms with van der Waals surface area (Å²) in [5.41, 5.74) is -0.379. The minimum absolute atomic E-state index is 0.0366. The van der Waals surface area contributed by atoms with Gasteiger partial charge in [0.15, 0.2) is 11.4 Å². The number of imidazole rings is 1. The first-order valence-electron chi connectivity index (χ1n) is 5.28. The molecule has 0 bridgehead atoms. The van der Waals surface area contributed by atoms with Crippen LogP contribution in [0.1, 0.15) is 40.7 Å². The van der Waals surface area contributed by atoms with Crippen LogP contribution >= 0.6 is 0 Å². The third kappa shape index (κ3) is 3.28. The van der Waals surface area contributed by atoms with Gasteiger partial charge in [-0.05, 0) is 12.8 Å². The molecule has 1 atom stereocenters. The number of aromatic carboxylic acids is 1. The van der Waals surface area contributed by atoms with Gasteiger partial charge in [0.05, 0.1) is 6.33 Å². The second-order valence-corrected chi connectivity index (χ2v) is 3.52. The molecule has 17 heavy (non-hydrogen) atoms. The van der Waals surface area contributed by atoms with Crippen molar-refractivity contribution in [2.24, 2.45) is 0 Å². The average Bonchev–Trinajstić information content (AvgIpc) is 2.77. The Morgan fingerprint density at radius 3 is 2.82 bits per heavy atom. The van der Waals surface area contributed by atoms with Gasteiger partial charge in [-0.2, -0.15) is 0 Å². The maximum Gasteiger partial charge on any atom is 0.354 e. The molecular weight excluding hydrogens is 226 g/mol. The topological polar surface area (TPSA) is 115 Å². The Kier molecular flexibility index (Phi) is 4.65. The molecule has 0 saturated carbocycles. The molecule has 94 valence electrons. The number of rotatable bonds is 6. The number of aromatic amines is 1. The predicted molar refractivity (Wildman–Crippen MR) is 58.8 cm³/mol. The minimum Gasteiger partial charge on any atom is -0.477 e. The maximum absolute atomic E-state index is 11.7. The normalized spacial score (nSPS) is 12.1. The average molecular weight is 241 g/mol. The van der Waals surface area contributed by atoms with E-state index in [4.69, 9.17) is 10.2 Å². The van der Waals surface area contributed by atoms with Gasteiger partial charge in [-0.25, -0.2) is 9.78 Å². The number of H-pyrrole nitrogens is 1. The third-order valence-corrected chi connectivity index (χ3v) is 2.37. The fourth-order valence-corrected chi connectivity index (χ4v) is 1.42. The maximum atomic E-state index is 11.7. The first kappa shape index (κ1) is 13.2. The molecule has 0 aliphatic heterocycles. The zero-order valence-electron chi connectivity index (χ0n) is 9.43. The molecule has 1 heterocycles. The molecule has 0 aromatic carbocycles. The Balaban J connectivity index is 2.75. The molecular formula is C10H15N3O4. The Labute approximate surface area is 97.9 Å². The number of aliphatic hydroxyl groups is 1. The van der Waals surface area contributed by atoms with Gasteiger partial charge in [-0.15, -0.1) is 0 Å². The molecule has 0 radical (unpaired) electrons. The van der Waals surface area contributed by atoms with E-state index in [1.54, 1.807) is 0 Å². The number of nitrogens with one attached hydrogen (secondary N) is 2. The van der Waals surface area contributed by atoms with Crippen molar-refractivity contribution in [1.29, 1.82) is 0 Å². The number of carboxylic acids is 1. The number of amides is 1. The zero-order chi connectivity index (χ0) is 12.8. The Morgan fingerprint density at radius 2 is 2.29 bits per heavy atom. The molecule has 0 spiro atoms. The Bertz CT molecular complexity index is 402. The molecule has 1 unspecified atom stereocenters. The van der Waals surface area contributed by atoms with Crippen molar-refractivity contribution >= 4 is 11.9 Å². The van der Waals surface area contributed by atoms with Crippen molar-refractivity contribution in [3.63, 3.8) is 0 Å². The van der Waals surface area contributed by atoms with Crippen LogP contribution < -0.4 is 5.32 Å². The molecule has 7 nitrogen and oxygen atoms in total. The second-order valence-electron chi connectivity index (χ2n) is 3.52. The quantitative estimate of drug-likeness (QED) is 0.559. The van der Waals surface area contributed by atoms with Crippen LogP contribution in [0.25, 0.3) is 0 Å². The summed E-state index contributed by atoms with van der Waals surface area (Å²) in [4.78, 5) is 28.6. The number of carbonyl (C=O) groups is 2. The summed E-state index contributed by atoms with van der Waals surface area (Å²) >= 11 is 0. The van der Waals surface area contributed by atoms with Gasteiger partial charge in [-0.3, -0.25) is 4.79 Å². The summed E-state index contributed by atoms with van der Waals surface area (Å²) in [5.74, 6) is -1.79. The number of aromatic nitrogens is 2. The van der Waals surface area contributed by atoms with Gasteiger partial charge >= 0.3 is 5.97 Å². The summed E-state index contributed by atoms with van der Waals surface area (Å²) in [6, 6.07) is -0.189. The molecule has 1 aromatic heterocycles. The van der Waals surface area contributed by atoms with E-state index in [0.717, 1.165) is 6.33 Å². The third-order valence-electron chi connectivity index (χ3n) is 2.37. The zero-order valence-corrected chi connectivity index (χ0v) is 9.43. The molecule has 1 amide bonds. The van der Waals surface area contributed by atoms with Crippen LogP contribution in [0, 0.1) is 0 Å². The van der Waals surface area contributed by atoms with E-state index in [9.17, 15) is 9.59 Å². The van der Waals surface area contributed by atoms with Crippen molar-refractivity contribution in [2.45, 2.75) is 25.8 Å². The number of aliphatic hydroxyl groups excluding tert-OH is 1. The van der Waals surface area contributed by atoms with Gasteiger partial charge in [0.2, 0.25) is 0 Å². The summed E-state index contributed by atoms with van der Waals surface area (Å²) in [7, 11) is 0. The molecule has 1 aromatic rings. The molecule has 7 heteroatoms. The number of hydrogen-bond donors (Lipinski definition) is 4. The van der Waals surface area contributed by atoms with E-state index in [1.807, 2.05) is 6.92 Å². The summed E-state index contributed by atoms with van der Waals surface area (Å²) < 4.78 is 0. The SMILES string of the molecule is CCC(CCO)NC(=O)c1nc[nH]c1C(=O)O.